The van der Waals surface area contributed by atoms with Gasteiger partial charge in [0.25, 0.3) is 0 Å². The van der Waals surface area contributed by atoms with Crippen molar-refractivity contribution in [2.75, 3.05) is 32.1 Å². The molecule has 3 aromatic carbocycles. The summed E-state index contributed by atoms with van der Waals surface area (Å²) in [5.41, 5.74) is 4.90. The lowest BCUT2D eigenvalue weighted by atomic mass is 10.1. The quantitative estimate of drug-likeness (QED) is 0.368. The molecule has 0 saturated carbocycles. The van der Waals surface area contributed by atoms with E-state index < -0.39 is 0 Å². The van der Waals surface area contributed by atoms with Gasteiger partial charge in [0.1, 0.15) is 5.01 Å². The van der Waals surface area contributed by atoms with Crippen LogP contribution in [-0.2, 0) is 0 Å². The van der Waals surface area contributed by atoms with Crippen molar-refractivity contribution in [2.24, 2.45) is 0 Å². The molecular weight excluding hydrogens is 394 g/mol. The van der Waals surface area contributed by atoms with Gasteiger partial charge in [-0.3, -0.25) is 0 Å². The minimum absolute atomic E-state index is 1.02. The Bertz CT molecular complexity index is 1130. The maximum absolute atomic E-state index is 4.85. The maximum Gasteiger partial charge on any atom is 0.124 e. The Labute approximate surface area is 180 Å². The van der Waals surface area contributed by atoms with Crippen molar-refractivity contribution in [3.8, 4) is 10.6 Å². The van der Waals surface area contributed by atoms with Gasteiger partial charge in [0, 0.05) is 21.9 Å². The molecule has 4 aromatic rings. The SMILES string of the molecule is CN(C)CCCN1c2ccccc2Sc2cc(-c3nc4ccccc4s3)ccc21. The monoisotopic (exact) mass is 417 g/mol. The molecule has 0 aliphatic carbocycles. The van der Waals surface area contributed by atoms with E-state index in [2.05, 4.69) is 90.6 Å². The van der Waals surface area contributed by atoms with Crippen molar-refractivity contribution in [3.63, 3.8) is 0 Å². The summed E-state index contributed by atoms with van der Waals surface area (Å²) in [5, 5.41) is 1.09. The Morgan fingerprint density at radius 2 is 1.69 bits per heavy atom. The second-order valence-electron chi connectivity index (χ2n) is 7.55. The van der Waals surface area contributed by atoms with Gasteiger partial charge in [0.2, 0.25) is 0 Å². The number of nitrogens with zero attached hydrogens (tertiary/aromatic N) is 3. The normalized spacial score (nSPS) is 13.0. The van der Waals surface area contributed by atoms with Crippen LogP contribution in [-0.4, -0.2) is 37.1 Å². The average molecular weight is 418 g/mol. The number of thiazole rings is 1. The van der Waals surface area contributed by atoms with Crippen LogP contribution in [0.15, 0.2) is 76.5 Å². The Morgan fingerprint density at radius 1 is 0.897 bits per heavy atom. The molecule has 0 amide bonds. The number of hydrogen-bond donors (Lipinski definition) is 0. The molecule has 0 fully saturated rings. The molecule has 5 heteroatoms. The molecule has 0 bridgehead atoms. The summed E-state index contributed by atoms with van der Waals surface area (Å²) in [7, 11) is 4.27. The van der Waals surface area contributed by atoms with Gasteiger partial charge in [-0.25, -0.2) is 4.98 Å². The molecule has 0 saturated heterocycles. The fourth-order valence-electron chi connectivity index (χ4n) is 3.75. The predicted molar refractivity (Wildman–Crippen MR) is 126 cm³/mol. The molecule has 0 N–H and O–H groups in total. The highest BCUT2D eigenvalue weighted by molar-refractivity contribution is 7.99. The minimum atomic E-state index is 1.02. The fraction of sp³-hybridized carbons (Fsp3) is 0.208. The van der Waals surface area contributed by atoms with Crippen LogP contribution >= 0.6 is 23.1 Å². The molecule has 29 heavy (non-hydrogen) atoms. The van der Waals surface area contributed by atoms with E-state index >= 15 is 0 Å². The van der Waals surface area contributed by atoms with Gasteiger partial charge in [0.05, 0.1) is 21.6 Å². The first-order valence-electron chi connectivity index (χ1n) is 9.88. The lowest BCUT2D eigenvalue weighted by molar-refractivity contribution is 0.402. The molecule has 2 heterocycles. The first-order valence-corrected chi connectivity index (χ1v) is 11.5. The summed E-state index contributed by atoms with van der Waals surface area (Å²) in [4.78, 5) is 12.2. The highest BCUT2D eigenvalue weighted by atomic mass is 32.2. The topological polar surface area (TPSA) is 19.4 Å². The average Bonchev–Trinajstić information content (AvgIpc) is 3.17. The zero-order valence-corrected chi connectivity index (χ0v) is 18.3. The molecular formula is C24H23N3S2. The predicted octanol–water partition coefficient (Wildman–Crippen LogP) is 6.52. The second kappa shape index (κ2) is 7.82. The second-order valence-corrected chi connectivity index (χ2v) is 9.66. The van der Waals surface area contributed by atoms with Gasteiger partial charge in [0.15, 0.2) is 0 Å². The number of fused-ring (bicyclic) bond motifs is 3. The Balaban J connectivity index is 1.52. The third-order valence-corrected chi connectivity index (χ3v) is 7.35. The summed E-state index contributed by atoms with van der Waals surface area (Å²) in [6.07, 6.45) is 1.13. The third kappa shape index (κ3) is 3.66. The minimum Gasteiger partial charge on any atom is -0.340 e. The van der Waals surface area contributed by atoms with Gasteiger partial charge in [-0.2, -0.15) is 0 Å². The lowest BCUT2D eigenvalue weighted by Gasteiger charge is -2.33. The molecule has 3 nitrogen and oxygen atoms in total. The van der Waals surface area contributed by atoms with Crippen molar-refractivity contribution < 1.29 is 0 Å². The zero-order valence-electron chi connectivity index (χ0n) is 16.6. The number of rotatable bonds is 5. The van der Waals surface area contributed by atoms with Gasteiger partial charge in [-0.1, -0.05) is 36.0 Å². The molecule has 1 aliphatic rings. The van der Waals surface area contributed by atoms with E-state index in [9.17, 15) is 0 Å². The van der Waals surface area contributed by atoms with E-state index in [1.807, 2.05) is 11.8 Å². The van der Waals surface area contributed by atoms with E-state index in [4.69, 9.17) is 4.98 Å². The first kappa shape index (κ1) is 18.7. The first-order chi connectivity index (χ1) is 14.2. The largest absolute Gasteiger partial charge is 0.340 e. The molecule has 146 valence electrons. The standard InChI is InChI=1S/C24H23N3S2/c1-26(2)14-7-15-27-19-9-4-6-11-22(19)28-23-16-17(12-13-20(23)27)24-25-18-8-3-5-10-21(18)29-24/h3-6,8-13,16H,7,14-15H2,1-2H3. The van der Waals surface area contributed by atoms with Crippen molar-refractivity contribution in [1.29, 1.82) is 0 Å². The van der Waals surface area contributed by atoms with Crippen LogP contribution in [0.2, 0.25) is 0 Å². The Kier molecular flexibility index (Phi) is 5.04. The smallest absolute Gasteiger partial charge is 0.124 e. The maximum atomic E-state index is 4.85. The van der Waals surface area contributed by atoms with Crippen molar-refractivity contribution >= 4 is 44.7 Å². The number of aromatic nitrogens is 1. The number of hydrogen-bond acceptors (Lipinski definition) is 5. The molecule has 0 unspecified atom stereocenters. The van der Waals surface area contributed by atoms with E-state index in [0.29, 0.717) is 0 Å². The molecule has 1 aromatic heterocycles. The molecule has 0 spiro atoms. The van der Waals surface area contributed by atoms with E-state index in [0.717, 1.165) is 30.0 Å². The zero-order chi connectivity index (χ0) is 19.8. The van der Waals surface area contributed by atoms with E-state index in [1.54, 1.807) is 11.3 Å². The number of benzene rings is 3. The summed E-state index contributed by atoms with van der Waals surface area (Å²) < 4.78 is 1.24. The van der Waals surface area contributed by atoms with Gasteiger partial charge in [-0.15, -0.1) is 11.3 Å². The van der Waals surface area contributed by atoms with E-state index in [1.165, 1.54) is 31.4 Å². The Hall–Kier alpha value is -2.34. The summed E-state index contributed by atoms with van der Waals surface area (Å²) in [6.45, 7) is 2.11. The summed E-state index contributed by atoms with van der Waals surface area (Å²) in [6, 6.07) is 23.9. The molecule has 1 aliphatic heterocycles. The number of anilines is 2. The highest BCUT2D eigenvalue weighted by Gasteiger charge is 2.23. The molecule has 0 atom stereocenters. The summed E-state index contributed by atoms with van der Waals surface area (Å²) in [5.74, 6) is 0. The van der Waals surface area contributed by atoms with Gasteiger partial charge >= 0.3 is 0 Å². The van der Waals surface area contributed by atoms with Gasteiger partial charge < -0.3 is 9.80 Å². The molecule has 0 radical (unpaired) electrons. The van der Waals surface area contributed by atoms with Crippen LogP contribution in [0.1, 0.15) is 6.42 Å². The molecule has 5 rings (SSSR count). The third-order valence-electron chi connectivity index (χ3n) is 5.15. The van der Waals surface area contributed by atoms with Crippen LogP contribution in [0.3, 0.4) is 0 Å². The summed E-state index contributed by atoms with van der Waals surface area (Å²) >= 11 is 3.63. The number of para-hydroxylation sites is 2. The van der Waals surface area contributed by atoms with E-state index in [-0.39, 0.29) is 0 Å². The van der Waals surface area contributed by atoms with Crippen LogP contribution in [0.4, 0.5) is 11.4 Å². The van der Waals surface area contributed by atoms with Crippen molar-refractivity contribution in [3.05, 3.63) is 66.7 Å². The lowest BCUT2D eigenvalue weighted by Crippen LogP contribution is -2.25. The van der Waals surface area contributed by atoms with Crippen LogP contribution in [0, 0.1) is 0 Å². The Morgan fingerprint density at radius 3 is 2.55 bits per heavy atom. The van der Waals surface area contributed by atoms with Crippen molar-refractivity contribution in [1.82, 2.24) is 9.88 Å². The van der Waals surface area contributed by atoms with Crippen LogP contribution < -0.4 is 4.90 Å². The highest BCUT2D eigenvalue weighted by Crippen LogP contribution is 2.49. The van der Waals surface area contributed by atoms with Crippen LogP contribution in [0.25, 0.3) is 20.8 Å². The fourth-order valence-corrected chi connectivity index (χ4v) is 5.85. The van der Waals surface area contributed by atoms with Gasteiger partial charge in [-0.05, 0) is 69.5 Å². The van der Waals surface area contributed by atoms with Crippen LogP contribution in [0.5, 0.6) is 0 Å². The van der Waals surface area contributed by atoms with Crippen molar-refractivity contribution in [2.45, 2.75) is 16.2 Å².